The highest BCUT2D eigenvalue weighted by Gasteiger charge is 2.18. The molecule has 0 amide bonds. The van der Waals surface area contributed by atoms with Crippen LogP contribution in [-0.2, 0) is 17.6 Å². The Bertz CT molecular complexity index is 341. The zero-order valence-electron chi connectivity index (χ0n) is 9.69. The summed E-state index contributed by atoms with van der Waals surface area (Å²) in [6, 6.07) is 0. The SMILES string of the molecule is CN1CCC(Cc2nc(CC=O)co2)CC1. The fourth-order valence-electron chi connectivity index (χ4n) is 2.13. The summed E-state index contributed by atoms with van der Waals surface area (Å²) < 4.78 is 5.36. The quantitative estimate of drug-likeness (QED) is 0.720. The molecule has 1 aliphatic rings. The summed E-state index contributed by atoms with van der Waals surface area (Å²) in [6.07, 6.45) is 6.14. The second kappa shape index (κ2) is 5.25. The Morgan fingerprint density at radius 1 is 1.56 bits per heavy atom. The Morgan fingerprint density at radius 3 is 3.00 bits per heavy atom. The van der Waals surface area contributed by atoms with Crippen molar-refractivity contribution >= 4 is 6.29 Å². The molecule has 0 aromatic carbocycles. The predicted molar refractivity (Wildman–Crippen MR) is 60.2 cm³/mol. The van der Waals surface area contributed by atoms with Crippen LogP contribution >= 0.6 is 0 Å². The number of nitrogens with zero attached hydrogens (tertiary/aromatic N) is 2. The number of carbonyl (C=O) groups excluding carboxylic acids is 1. The van der Waals surface area contributed by atoms with E-state index in [1.807, 2.05) is 0 Å². The van der Waals surface area contributed by atoms with E-state index in [2.05, 4.69) is 16.9 Å². The van der Waals surface area contributed by atoms with Crippen molar-refractivity contribution in [1.82, 2.24) is 9.88 Å². The largest absolute Gasteiger partial charge is 0.449 e. The van der Waals surface area contributed by atoms with Crippen molar-refractivity contribution in [3.63, 3.8) is 0 Å². The Morgan fingerprint density at radius 2 is 2.31 bits per heavy atom. The lowest BCUT2D eigenvalue weighted by Crippen LogP contribution is -2.30. The molecule has 0 radical (unpaired) electrons. The van der Waals surface area contributed by atoms with Gasteiger partial charge in [-0.2, -0.15) is 0 Å². The third-order valence-corrected chi connectivity index (χ3v) is 3.19. The smallest absolute Gasteiger partial charge is 0.194 e. The maximum absolute atomic E-state index is 10.3. The molecule has 1 aliphatic heterocycles. The Hall–Kier alpha value is -1.16. The maximum atomic E-state index is 10.3. The van der Waals surface area contributed by atoms with Crippen LogP contribution in [0.15, 0.2) is 10.7 Å². The fourth-order valence-corrected chi connectivity index (χ4v) is 2.13. The summed E-state index contributed by atoms with van der Waals surface area (Å²) in [4.78, 5) is 17.0. The van der Waals surface area contributed by atoms with Gasteiger partial charge in [-0.15, -0.1) is 0 Å². The summed E-state index contributed by atoms with van der Waals surface area (Å²) in [5.74, 6) is 1.46. The Balaban J connectivity index is 1.86. The maximum Gasteiger partial charge on any atom is 0.194 e. The van der Waals surface area contributed by atoms with Crippen molar-refractivity contribution in [2.75, 3.05) is 20.1 Å². The van der Waals surface area contributed by atoms with Gasteiger partial charge in [-0.25, -0.2) is 4.98 Å². The highest BCUT2D eigenvalue weighted by Crippen LogP contribution is 2.20. The number of aldehydes is 1. The first-order chi connectivity index (χ1) is 7.78. The lowest BCUT2D eigenvalue weighted by atomic mass is 9.94. The number of oxazole rings is 1. The molecule has 4 nitrogen and oxygen atoms in total. The molecule has 0 atom stereocenters. The van der Waals surface area contributed by atoms with Crippen LogP contribution in [-0.4, -0.2) is 36.3 Å². The molecule has 0 unspecified atom stereocenters. The number of rotatable bonds is 4. The predicted octanol–water partition coefficient (Wildman–Crippen LogP) is 1.30. The number of likely N-dealkylation sites (tertiary alicyclic amines) is 1. The summed E-state index contributed by atoms with van der Waals surface area (Å²) >= 11 is 0. The third-order valence-electron chi connectivity index (χ3n) is 3.19. The zero-order chi connectivity index (χ0) is 11.4. The highest BCUT2D eigenvalue weighted by molar-refractivity contribution is 5.53. The van der Waals surface area contributed by atoms with Gasteiger partial charge in [0.25, 0.3) is 0 Å². The summed E-state index contributed by atoms with van der Waals surface area (Å²) in [5, 5.41) is 0. The minimum absolute atomic E-state index is 0.358. The average Bonchev–Trinajstić information content (AvgIpc) is 2.70. The van der Waals surface area contributed by atoms with E-state index in [4.69, 9.17) is 4.42 Å². The van der Waals surface area contributed by atoms with Gasteiger partial charge in [-0.1, -0.05) is 0 Å². The first kappa shape index (κ1) is 11.3. The minimum atomic E-state index is 0.358. The van der Waals surface area contributed by atoms with Gasteiger partial charge in [0.2, 0.25) is 0 Å². The van der Waals surface area contributed by atoms with Crippen molar-refractivity contribution in [2.45, 2.75) is 25.7 Å². The molecular weight excluding hydrogens is 204 g/mol. The van der Waals surface area contributed by atoms with Gasteiger partial charge in [0.05, 0.1) is 5.69 Å². The first-order valence-electron chi connectivity index (χ1n) is 5.83. The molecule has 4 heteroatoms. The van der Waals surface area contributed by atoms with Gasteiger partial charge in [-0.3, -0.25) is 0 Å². The molecule has 0 spiro atoms. The van der Waals surface area contributed by atoms with E-state index in [1.165, 1.54) is 12.8 Å². The lowest BCUT2D eigenvalue weighted by Gasteiger charge is -2.28. The average molecular weight is 222 g/mol. The van der Waals surface area contributed by atoms with Gasteiger partial charge < -0.3 is 14.1 Å². The second-order valence-corrected chi connectivity index (χ2v) is 4.55. The number of piperidine rings is 1. The third kappa shape index (κ3) is 2.92. The Kier molecular flexibility index (Phi) is 3.72. The van der Waals surface area contributed by atoms with Crippen LogP contribution in [0.4, 0.5) is 0 Å². The summed E-state index contributed by atoms with van der Waals surface area (Å²) in [5.41, 5.74) is 0.748. The van der Waals surface area contributed by atoms with Gasteiger partial charge in [0, 0.05) is 12.8 Å². The van der Waals surface area contributed by atoms with Crippen molar-refractivity contribution < 1.29 is 9.21 Å². The lowest BCUT2D eigenvalue weighted by molar-refractivity contribution is -0.107. The molecule has 16 heavy (non-hydrogen) atoms. The monoisotopic (exact) mass is 222 g/mol. The van der Waals surface area contributed by atoms with Gasteiger partial charge in [0.15, 0.2) is 5.89 Å². The van der Waals surface area contributed by atoms with Gasteiger partial charge in [-0.05, 0) is 38.9 Å². The van der Waals surface area contributed by atoms with E-state index in [9.17, 15) is 4.79 Å². The van der Waals surface area contributed by atoms with E-state index in [0.717, 1.165) is 37.4 Å². The van der Waals surface area contributed by atoms with Crippen LogP contribution in [0.1, 0.15) is 24.4 Å². The molecule has 1 fully saturated rings. The molecule has 0 saturated carbocycles. The van der Waals surface area contributed by atoms with Crippen molar-refractivity contribution in [3.05, 3.63) is 17.8 Å². The molecule has 2 rings (SSSR count). The molecule has 1 aromatic rings. The molecule has 1 saturated heterocycles. The van der Waals surface area contributed by atoms with E-state index in [1.54, 1.807) is 6.26 Å². The molecule has 0 N–H and O–H groups in total. The van der Waals surface area contributed by atoms with Crippen LogP contribution in [0, 0.1) is 5.92 Å². The second-order valence-electron chi connectivity index (χ2n) is 4.55. The number of aromatic nitrogens is 1. The summed E-state index contributed by atoms with van der Waals surface area (Å²) in [6.45, 7) is 2.32. The molecule has 2 heterocycles. The normalized spacial score (nSPS) is 18.8. The van der Waals surface area contributed by atoms with Gasteiger partial charge in [0.1, 0.15) is 12.5 Å². The van der Waals surface area contributed by atoms with Crippen LogP contribution in [0.2, 0.25) is 0 Å². The van der Waals surface area contributed by atoms with E-state index in [0.29, 0.717) is 12.3 Å². The Labute approximate surface area is 95.6 Å². The topological polar surface area (TPSA) is 46.3 Å². The molecule has 88 valence electrons. The van der Waals surface area contributed by atoms with E-state index < -0.39 is 0 Å². The number of carbonyl (C=O) groups is 1. The van der Waals surface area contributed by atoms with Crippen molar-refractivity contribution in [3.8, 4) is 0 Å². The van der Waals surface area contributed by atoms with E-state index >= 15 is 0 Å². The number of hydrogen-bond donors (Lipinski definition) is 0. The van der Waals surface area contributed by atoms with Crippen LogP contribution in [0.3, 0.4) is 0 Å². The van der Waals surface area contributed by atoms with Crippen molar-refractivity contribution in [1.29, 1.82) is 0 Å². The molecule has 1 aromatic heterocycles. The van der Waals surface area contributed by atoms with Crippen LogP contribution in [0.5, 0.6) is 0 Å². The van der Waals surface area contributed by atoms with Crippen LogP contribution in [0.25, 0.3) is 0 Å². The highest BCUT2D eigenvalue weighted by atomic mass is 16.3. The first-order valence-corrected chi connectivity index (χ1v) is 5.83. The standard InChI is InChI=1S/C12H18N2O2/c1-14-5-2-10(3-6-14)8-12-13-11(4-7-15)9-16-12/h7,9-10H,2-6,8H2,1H3. The zero-order valence-corrected chi connectivity index (χ0v) is 9.69. The molecule has 0 aliphatic carbocycles. The van der Waals surface area contributed by atoms with E-state index in [-0.39, 0.29) is 0 Å². The molecule has 0 bridgehead atoms. The van der Waals surface area contributed by atoms with Crippen molar-refractivity contribution in [2.24, 2.45) is 5.92 Å². The van der Waals surface area contributed by atoms with Gasteiger partial charge >= 0.3 is 0 Å². The number of hydrogen-bond acceptors (Lipinski definition) is 4. The summed E-state index contributed by atoms with van der Waals surface area (Å²) in [7, 11) is 2.16. The molecular formula is C12H18N2O2. The van der Waals surface area contributed by atoms with Crippen LogP contribution < -0.4 is 0 Å². The fraction of sp³-hybridized carbons (Fsp3) is 0.667. The minimum Gasteiger partial charge on any atom is -0.449 e.